The number of allylic oxidation sites excluding steroid dienone is 4. The Morgan fingerprint density at radius 3 is 2.80 bits per heavy atom. The molecule has 3 heterocycles. The lowest BCUT2D eigenvalue weighted by Crippen LogP contribution is -2.34. The van der Waals surface area contributed by atoms with E-state index in [2.05, 4.69) is 21.4 Å². The van der Waals surface area contributed by atoms with Gasteiger partial charge in [0.1, 0.15) is 18.4 Å². The topological polar surface area (TPSA) is 59.5 Å². The van der Waals surface area contributed by atoms with Crippen LogP contribution in [0.2, 0.25) is 0 Å². The molecular weight excluding hydrogens is 421 g/mol. The van der Waals surface area contributed by atoms with Crippen molar-refractivity contribution in [2.24, 2.45) is 0 Å². The normalized spacial score (nSPS) is 18.7. The van der Waals surface area contributed by atoms with Crippen LogP contribution < -0.4 is 5.32 Å². The number of aromatic nitrogens is 2. The van der Waals surface area contributed by atoms with E-state index in [1.807, 2.05) is 12.2 Å². The zero-order valence-electron chi connectivity index (χ0n) is 16.1. The van der Waals surface area contributed by atoms with Crippen molar-refractivity contribution < 1.29 is 22.6 Å². The van der Waals surface area contributed by atoms with Gasteiger partial charge in [0.15, 0.2) is 12.0 Å². The predicted octanol–water partition coefficient (Wildman–Crippen LogP) is 4.58. The van der Waals surface area contributed by atoms with Crippen LogP contribution in [0.4, 0.5) is 19.0 Å². The van der Waals surface area contributed by atoms with Crippen LogP contribution in [-0.4, -0.2) is 34.1 Å². The Balaban J connectivity index is 0.00000256. The number of fused-ring (bicyclic) bond motifs is 1. The van der Waals surface area contributed by atoms with E-state index in [0.29, 0.717) is 37.0 Å². The zero-order chi connectivity index (χ0) is 20.3. The van der Waals surface area contributed by atoms with Crippen LogP contribution in [-0.2, 0) is 22.4 Å². The largest absolute Gasteiger partial charge is 0.463 e. The van der Waals surface area contributed by atoms with Gasteiger partial charge in [-0.2, -0.15) is 13.2 Å². The van der Waals surface area contributed by atoms with Crippen molar-refractivity contribution in [3.63, 3.8) is 0 Å². The summed E-state index contributed by atoms with van der Waals surface area (Å²) in [5, 5.41) is 3.13. The molecule has 30 heavy (non-hydrogen) atoms. The summed E-state index contributed by atoms with van der Waals surface area (Å²) >= 11 is 0. The number of nitrogens with zero attached hydrogens (tertiary/aromatic N) is 3. The van der Waals surface area contributed by atoms with Gasteiger partial charge in [-0.15, -0.1) is 12.4 Å². The maximum Gasteiger partial charge on any atom is 0.390 e. The van der Waals surface area contributed by atoms with Crippen LogP contribution in [0.1, 0.15) is 30.5 Å². The highest BCUT2D eigenvalue weighted by atomic mass is 35.5. The Hall–Kier alpha value is -2.52. The van der Waals surface area contributed by atoms with Gasteiger partial charge in [-0.25, -0.2) is 9.97 Å². The number of anilines is 1. The Morgan fingerprint density at radius 1 is 1.17 bits per heavy atom. The van der Waals surface area contributed by atoms with Crippen molar-refractivity contribution in [2.75, 3.05) is 18.4 Å². The Bertz CT molecular complexity index is 897. The van der Waals surface area contributed by atoms with Crippen LogP contribution in [0, 0.1) is 0 Å². The molecular formula is C20H22ClF3N4O2. The van der Waals surface area contributed by atoms with E-state index >= 15 is 0 Å². The Morgan fingerprint density at radius 2 is 2.03 bits per heavy atom. The fourth-order valence-electron chi connectivity index (χ4n) is 3.44. The minimum atomic E-state index is -4.15. The number of ether oxygens (including phenoxy) is 2. The van der Waals surface area contributed by atoms with Crippen LogP contribution in [0.15, 0.2) is 54.3 Å². The highest BCUT2D eigenvalue weighted by Crippen LogP contribution is 2.29. The molecule has 0 fully saturated rings. The quantitative estimate of drug-likeness (QED) is 0.720. The first-order valence-corrected chi connectivity index (χ1v) is 9.46. The van der Waals surface area contributed by atoms with E-state index in [0.717, 1.165) is 29.7 Å². The van der Waals surface area contributed by atoms with Gasteiger partial charge in [0.05, 0.1) is 12.1 Å². The highest BCUT2D eigenvalue weighted by molar-refractivity contribution is 5.85. The van der Waals surface area contributed by atoms with Gasteiger partial charge in [-0.05, 0) is 24.8 Å². The lowest BCUT2D eigenvalue weighted by atomic mass is 10.0. The number of nitrogens with one attached hydrogen (secondary N) is 1. The fourth-order valence-corrected chi connectivity index (χ4v) is 3.44. The van der Waals surface area contributed by atoms with Gasteiger partial charge in [0.25, 0.3) is 0 Å². The molecule has 1 aromatic rings. The second kappa shape index (κ2) is 9.53. The van der Waals surface area contributed by atoms with Crippen molar-refractivity contribution >= 4 is 18.2 Å². The summed E-state index contributed by atoms with van der Waals surface area (Å²) in [4.78, 5) is 10.3. The van der Waals surface area contributed by atoms with E-state index in [1.165, 1.54) is 12.6 Å². The van der Waals surface area contributed by atoms with E-state index in [1.54, 1.807) is 11.2 Å². The summed E-state index contributed by atoms with van der Waals surface area (Å²) in [6.45, 7) is 0.852. The molecule has 0 bridgehead atoms. The molecule has 1 N–H and O–H groups in total. The first-order valence-electron chi connectivity index (χ1n) is 9.46. The summed E-state index contributed by atoms with van der Waals surface area (Å²) in [6.07, 6.45) is 7.89. The van der Waals surface area contributed by atoms with Gasteiger partial charge >= 0.3 is 6.18 Å². The second-order valence-electron chi connectivity index (χ2n) is 7.02. The number of halogens is 4. The lowest BCUT2D eigenvalue weighted by molar-refractivity contribution is -0.138. The summed E-state index contributed by atoms with van der Waals surface area (Å²) in [5.74, 6) is 1.62. The molecule has 0 atom stereocenters. The molecule has 2 aliphatic heterocycles. The molecule has 0 spiro atoms. The average Bonchev–Trinajstić information content (AvgIpc) is 2.73. The smallest absolute Gasteiger partial charge is 0.390 e. The summed E-state index contributed by atoms with van der Waals surface area (Å²) in [7, 11) is 0. The van der Waals surface area contributed by atoms with Gasteiger partial charge < -0.3 is 14.8 Å². The summed E-state index contributed by atoms with van der Waals surface area (Å²) in [5.41, 5.74) is 2.66. The Kier molecular flexibility index (Phi) is 7.04. The molecule has 0 amide bonds. The summed E-state index contributed by atoms with van der Waals surface area (Å²) in [6, 6.07) is 0. The fraction of sp³-hybridized carbons (Fsp3) is 0.400. The minimum absolute atomic E-state index is 0. The van der Waals surface area contributed by atoms with Gasteiger partial charge in [0, 0.05) is 25.2 Å². The standard InChI is InChI=1S/C20H21F3N4O2.ClH/c21-20(22,23)7-9-27-8-6-15-16(10-27)24-13-25-19(15)26-18-12-28-11-17(29-18)14-4-2-1-3-5-14;/h1-2,4,11-13H,3,5-10H2,(H,24,25,26);1H. The van der Waals surface area contributed by atoms with Crippen molar-refractivity contribution in [3.05, 3.63) is 65.6 Å². The van der Waals surface area contributed by atoms with Gasteiger partial charge in [0.2, 0.25) is 5.88 Å². The maximum absolute atomic E-state index is 12.5. The molecule has 3 aliphatic rings. The maximum atomic E-state index is 12.5. The van der Waals surface area contributed by atoms with E-state index in [9.17, 15) is 13.2 Å². The summed E-state index contributed by atoms with van der Waals surface area (Å²) < 4.78 is 48.8. The molecule has 10 heteroatoms. The average molecular weight is 443 g/mol. The highest BCUT2D eigenvalue weighted by Gasteiger charge is 2.29. The first-order chi connectivity index (χ1) is 14.0. The van der Waals surface area contributed by atoms with E-state index in [4.69, 9.17) is 9.47 Å². The van der Waals surface area contributed by atoms with Crippen molar-refractivity contribution in [2.45, 2.75) is 38.4 Å². The second-order valence-corrected chi connectivity index (χ2v) is 7.02. The molecule has 4 rings (SSSR count). The molecule has 162 valence electrons. The zero-order valence-corrected chi connectivity index (χ0v) is 16.9. The van der Waals surface area contributed by atoms with Gasteiger partial charge in [-0.1, -0.05) is 18.2 Å². The van der Waals surface area contributed by atoms with Crippen molar-refractivity contribution in [3.8, 4) is 0 Å². The number of rotatable bonds is 5. The molecule has 6 nitrogen and oxygen atoms in total. The molecule has 0 unspecified atom stereocenters. The molecule has 0 radical (unpaired) electrons. The van der Waals surface area contributed by atoms with Gasteiger partial charge in [-0.3, -0.25) is 4.90 Å². The third-order valence-electron chi connectivity index (χ3n) is 4.94. The Labute approximate surface area is 178 Å². The number of hydrogen-bond donors (Lipinski definition) is 1. The monoisotopic (exact) mass is 442 g/mol. The number of hydrogen-bond acceptors (Lipinski definition) is 6. The molecule has 0 saturated heterocycles. The third-order valence-corrected chi connectivity index (χ3v) is 4.94. The van der Waals surface area contributed by atoms with Crippen LogP contribution in [0.5, 0.6) is 0 Å². The first kappa shape index (κ1) is 22.2. The third kappa shape index (κ3) is 5.54. The lowest BCUT2D eigenvalue weighted by Gasteiger charge is -2.29. The van der Waals surface area contributed by atoms with E-state index < -0.39 is 12.6 Å². The van der Waals surface area contributed by atoms with Crippen molar-refractivity contribution in [1.29, 1.82) is 0 Å². The minimum Gasteiger partial charge on any atom is -0.463 e. The van der Waals surface area contributed by atoms with Crippen LogP contribution in [0.3, 0.4) is 0 Å². The van der Waals surface area contributed by atoms with Crippen molar-refractivity contribution in [1.82, 2.24) is 14.9 Å². The molecule has 1 aliphatic carbocycles. The SMILES string of the molecule is Cl.FC(F)(F)CCN1CCc2c(ncnc2NC2=COC=C(C3=CC=CCC3)O2)C1. The number of alkyl halides is 3. The molecule has 1 aromatic heterocycles. The molecule has 0 aromatic carbocycles. The molecule has 0 saturated carbocycles. The predicted molar refractivity (Wildman–Crippen MR) is 107 cm³/mol. The van der Waals surface area contributed by atoms with Crippen LogP contribution in [0.25, 0.3) is 0 Å². The van der Waals surface area contributed by atoms with E-state index in [-0.39, 0.29) is 19.0 Å². The van der Waals surface area contributed by atoms with Crippen LogP contribution >= 0.6 is 12.4 Å².